The number of benzene rings is 1. The summed E-state index contributed by atoms with van der Waals surface area (Å²) in [5.74, 6) is 0. The fourth-order valence-corrected chi connectivity index (χ4v) is 2.98. The van der Waals surface area contributed by atoms with Crippen molar-refractivity contribution in [3.8, 4) is 11.3 Å². The summed E-state index contributed by atoms with van der Waals surface area (Å²) < 4.78 is 2.07. The Balaban J connectivity index is 2.04. The molecule has 0 spiro atoms. The van der Waals surface area contributed by atoms with E-state index in [1.54, 1.807) is 0 Å². The van der Waals surface area contributed by atoms with E-state index in [9.17, 15) is 0 Å². The first-order chi connectivity index (χ1) is 10.2. The molecule has 3 rings (SSSR count). The lowest BCUT2D eigenvalue weighted by Gasteiger charge is -2.15. The summed E-state index contributed by atoms with van der Waals surface area (Å²) in [6.45, 7) is 5.15. The van der Waals surface area contributed by atoms with Crippen LogP contribution in [0.1, 0.15) is 25.5 Å². The van der Waals surface area contributed by atoms with Crippen molar-refractivity contribution in [3.63, 3.8) is 0 Å². The van der Waals surface area contributed by atoms with Crippen LogP contribution in [0.25, 0.3) is 16.9 Å². The van der Waals surface area contributed by atoms with E-state index in [1.807, 2.05) is 30.6 Å². The lowest BCUT2D eigenvalue weighted by molar-refractivity contribution is 0.598. The van der Waals surface area contributed by atoms with Crippen molar-refractivity contribution in [3.05, 3.63) is 59.4 Å². The summed E-state index contributed by atoms with van der Waals surface area (Å²) in [7, 11) is 0. The Morgan fingerprint density at radius 2 is 2.14 bits per heavy atom. The highest BCUT2D eigenvalue weighted by Crippen LogP contribution is 2.29. The van der Waals surface area contributed by atoms with Crippen LogP contribution in [0.2, 0.25) is 5.02 Å². The molecule has 0 saturated heterocycles. The average Bonchev–Trinajstić information content (AvgIpc) is 2.95. The molecule has 1 unspecified atom stereocenters. The molecule has 1 atom stereocenters. The molecule has 0 bridgehead atoms. The third-order valence-corrected chi connectivity index (χ3v) is 4.03. The fraction of sp³-hybridized carbons (Fsp3) is 0.235. The number of nitrogens with zero attached hydrogens (tertiary/aromatic N) is 2. The molecular weight excluding hydrogens is 282 g/mol. The van der Waals surface area contributed by atoms with Crippen LogP contribution in [0.5, 0.6) is 0 Å². The quantitative estimate of drug-likeness (QED) is 0.777. The summed E-state index contributed by atoms with van der Waals surface area (Å²) in [5.41, 5.74) is 4.25. The van der Waals surface area contributed by atoms with E-state index in [4.69, 9.17) is 11.6 Å². The van der Waals surface area contributed by atoms with Gasteiger partial charge in [0.15, 0.2) is 0 Å². The normalized spacial score (nSPS) is 12.7. The van der Waals surface area contributed by atoms with Gasteiger partial charge in [0.05, 0.1) is 5.69 Å². The van der Waals surface area contributed by atoms with Gasteiger partial charge >= 0.3 is 0 Å². The Labute approximate surface area is 129 Å². The van der Waals surface area contributed by atoms with Crippen LogP contribution in [-0.4, -0.2) is 15.9 Å². The molecule has 1 aromatic carbocycles. The lowest BCUT2D eigenvalue weighted by Crippen LogP contribution is -2.17. The van der Waals surface area contributed by atoms with Crippen LogP contribution in [0, 0.1) is 0 Å². The van der Waals surface area contributed by atoms with Gasteiger partial charge in [-0.15, -0.1) is 0 Å². The molecule has 0 fully saturated rings. The number of rotatable bonds is 4. The largest absolute Gasteiger partial charge is 0.310 e. The SMILES string of the molecule is CCNC(C)c1ccc(-c2cccc3nccn23)cc1Cl. The molecule has 3 aromatic rings. The number of hydrogen-bond donors (Lipinski definition) is 1. The molecule has 108 valence electrons. The Bertz CT molecular complexity index is 764. The minimum Gasteiger partial charge on any atom is -0.310 e. The van der Waals surface area contributed by atoms with Gasteiger partial charge in [-0.25, -0.2) is 4.98 Å². The van der Waals surface area contributed by atoms with Crippen molar-refractivity contribution in [2.24, 2.45) is 0 Å². The highest BCUT2D eigenvalue weighted by molar-refractivity contribution is 6.31. The van der Waals surface area contributed by atoms with Gasteiger partial charge in [-0.2, -0.15) is 0 Å². The van der Waals surface area contributed by atoms with Crippen LogP contribution < -0.4 is 5.32 Å². The van der Waals surface area contributed by atoms with E-state index in [0.717, 1.165) is 34.0 Å². The van der Waals surface area contributed by atoms with Gasteiger partial charge in [-0.05, 0) is 37.2 Å². The third-order valence-electron chi connectivity index (χ3n) is 3.70. The minimum absolute atomic E-state index is 0.251. The maximum atomic E-state index is 6.47. The first-order valence-electron chi connectivity index (χ1n) is 7.16. The first-order valence-corrected chi connectivity index (χ1v) is 7.53. The van der Waals surface area contributed by atoms with Crippen molar-refractivity contribution in [1.82, 2.24) is 14.7 Å². The number of aromatic nitrogens is 2. The van der Waals surface area contributed by atoms with Gasteiger partial charge in [0.1, 0.15) is 5.65 Å². The van der Waals surface area contributed by atoms with Crippen molar-refractivity contribution in [2.75, 3.05) is 6.54 Å². The predicted octanol–water partition coefficient (Wildman–Crippen LogP) is 4.33. The van der Waals surface area contributed by atoms with Crippen molar-refractivity contribution in [2.45, 2.75) is 19.9 Å². The second kappa shape index (κ2) is 5.88. The lowest BCUT2D eigenvalue weighted by atomic mass is 10.0. The van der Waals surface area contributed by atoms with Crippen LogP contribution in [-0.2, 0) is 0 Å². The van der Waals surface area contributed by atoms with E-state index in [0.29, 0.717) is 0 Å². The van der Waals surface area contributed by atoms with E-state index in [-0.39, 0.29) is 6.04 Å². The molecule has 21 heavy (non-hydrogen) atoms. The van der Waals surface area contributed by atoms with Crippen LogP contribution in [0.15, 0.2) is 48.8 Å². The second-order valence-corrected chi connectivity index (χ2v) is 5.49. The smallest absolute Gasteiger partial charge is 0.137 e. The summed E-state index contributed by atoms with van der Waals surface area (Å²) in [6.07, 6.45) is 3.77. The van der Waals surface area contributed by atoms with Crippen molar-refractivity contribution >= 4 is 17.2 Å². The molecule has 0 amide bonds. The monoisotopic (exact) mass is 299 g/mol. The third kappa shape index (κ3) is 2.67. The van der Waals surface area contributed by atoms with Gasteiger partial charge in [0.2, 0.25) is 0 Å². The van der Waals surface area contributed by atoms with Gasteiger partial charge in [0.25, 0.3) is 0 Å². The molecule has 0 aliphatic heterocycles. The Kier molecular flexibility index (Phi) is 3.95. The first kappa shape index (κ1) is 14.1. The van der Waals surface area contributed by atoms with E-state index < -0.39 is 0 Å². The highest BCUT2D eigenvalue weighted by atomic mass is 35.5. The number of fused-ring (bicyclic) bond motifs is 1. The predicted molar refractivity (Wildman–Crippen MR) is 87.7 cm³/mol. The molecule has 1 N–H and O–H groups in total. The fourth-order valence-electron chi connectivity index (χ4n) is 2.64. The minimum atomic E-state index is 0.251. The topological polar surface area (TPSA) is 29.3 Å². The Hall–Kier alpha value is -1.84. The Morgan fingerprint density at radius 3 is 2.90 bits per heavy atom. The average molecular weight is 300 g/mol. The zero-order chi connectivity index (χ0) is 14.8. The molecule has 0 aliphatic rings. The summed E-state index contributed by atoms with van der Waals surface area (Å²) in [5, 5.41) is 4.18. The van der Waals surface area contributed by atoms with Gasteiger partial charge in [-0.3, -0.25) is 4.40 Å². The molecule has 0 aliphatic carbocycles. The zero-order valence-electron chi connectivity index (χ0n) is 12.2. The molecule has 0 radical (unpaired) electrons. The highest BCUT2D eigenvalue weighted by Gasteiger charge is 2.11. The number of pyridine rings is 1. The second-order valence-electron chi connectivity index (χ2n) is 5.08. The molecule has 4 heteroatoms. The van der Waals surface area contributed by atoms with E-state index in [1.165, 1.54) is 0 Å². The van der Waals surface area contributed by atoms with Crippen LogP contribution in [0.3, 0.4) is 0 Å². The summed E-state index contributed by atoms with van der Waals surface area (Å²) in [6, 6.07) is 12.6. The van der Waals surface area contributed by atoms with Crippen LogP contribution in [0.4, 0.5) is 0 Å². The summed E-state index contributed by atoms with van der Waals surface area (Å²) >= 11 is 6.47. The van der Waals surface area contributed by atoms with E-state index in [2.05, 4.69) is 46.7 Å². The number of nitrogens with one attached hydrogen (secondary N) is 1. The van der Waals surface area contributed by atoms with Gasteiger partial charge < -0.3 is 5.32 Å². The summed E-state index contributed by atoms with van der Waals surface area (Å²) in [4.78, 5) is 4.32. The molecule has 2 aromatic heterocycles. The molecule has 2 heterocycles. The van der Waals surface area contributed by atoms with Crippen LogP contribution >= 0.6 is 11.6 Å². The molecular formula is C17H18ClN3. The Morgan fingerprint density at radius 1 is 1.29 bits per heavy atom. The van der Waals surface area contributed by atoms with Gasteiger partial charge in [0, 0.05) is 29.0 Å². The molecule has 0 saturated carbocycles. The van der Waals surface area contributed by atoms with Crippen molar-refractivity contribution in [1.29, 1.82) is 0 Å². The maximum Gasteiger partial charge on any atom is 0.137 e. The van der Waals surface area contributed by atoms with Crippen molar-refractivity contribution < 1.29 is 0 Å². The molecule has 3 nitrogen and oxygen atoms in total. The van der Waals surface area contributed by atoms with Gasteiger partial charge in [-0.1, -0.05) is 36.7 Å². The number of imidazole rings is 1. The maximum absolute atomic E-state index is 6.47. The number of halogens is 1. The van der Waals surface area contributed by atoms with E-state index >= 15 is 0 Å². The zero-order valence-corrected chi connectivity index (χ0v) is 12.9. The standard InChI is InChI=1S/C17H18ClN3/c1-3-19-12(2)14-8-7-13(11-15(14)18)16-5-4-6-17-20-9-10-21(16)17/h4-12,19H,3H2,1-2H3. The number of hydrogen-bond acceptors (Lipinski definition) is 2.